The fraction of sp³-hybridized carbons (Fsp3) is 0.385. The van der Waals surface area contributed by atoms with E-state index < -0.39 is 5.97 Å². The van der Waals surface area contributed by atoms with Crippen LogP contribution in [0.15, 0.2) is 24.3 Å². The third kappa shape index (κ3) is 2.80. The van der Waals surface area contributed by atoms with Crippen molar-refractivity contribution in [1.29, 1.82) is 0 Å². The third-order valence-corrected chi connectivity index (χ3v) is 3.00. The summed E-state index contributed by atoms with van der Waals surface area (Å²) in [7, 11) is 0. The first kappa shape index (κ1) is 12.4. The highest BCUT2D eigenvalue weighted by Gasteiger charge is 2.20. The molecule has 96 valence electrons. The molecule has 1 aromatic carbocycles. The van der Waals surface area contributed by atoms with E-state index in [0.29, 0.717) is 6.54 Å². The van der Waals surface area contributed by atoms with Gasteiger partial charge in [-0.05, 0) is 30.9 Å². The summed E-state index contributed by atoms with van der Waals surface area (Å²) in [5.41, 5.74) is 2.03. The fourth-order valence-electron chi connectivity index (χ4n) is 2.15. The number of carbonyl (C=O) groups is 2. The van der Waals surface area contributed by atoms with Crippen LogP contribution in [0, 0.1) is 0 Å². The average Bonchev–Trinajstić information content (AvgIpc) is 2.58. The molecule has 0 saturated carbocycles. The van der Waals surface area contributed by atoms with Crippen LogP contribution in [0.3, 0.4) is 0 Å². The number of benzene rings is 1. The number of aliphatic carboxylic acids is 1. The lowest BCUT2D eigenvalue weighted by Crippen LogP contribution is -2.42. The second-order valence-electron chi connectivity index (χ2n) is 4.29. The number of nitrogens with zero attached hydrogens (tertiary/aromatic N) is 1. The minimum atomic E-state index is -1.04. The molecule has 2 rings (SSSR count). The highest BCUT2D eigenvalue weighted by Crippen LogP contribution is 2.25. The maximum Gasteiger partial charge on any atom is 0.323 e. The first-order valence-electron chi connectivity index (χ1n) is 6.03. The highest BCUT2D eigenvalue weighted by molar-refractivity contribution is 5.94. The van der Waals surface area contributed by atoms with Crippen molar-refractivity contribution in [2.24, 2.45) is 0 Å². The van der Waals surface area contributed by atoms with Crippen molar-refractivity contribution >= 4 is 17.7 Å². The van der Waals surface area contributed by atoms with Crippen LogP contribution in [0.4, 0.5) is 10.5 Å². The second kappa shape index (κ2) is 5.53. The number of carbonyl (C=O) groups excluding carboxylic acids is 1. The molecule has 0 unspecified atom stereocenters. The molecule has 0 saturated heterocycles. The minimum Gasteiger partial charge on any atom is -0.480 e. The molecular weight excluding hydrogens is 232 g/mol. The fourth-order valence-corrected chi connectivity index (χ4v) is 2.15. The number of amides is 2. The molecule has 0 atom stereocenters. The van der Waals surface area contributed by atoms with E-state index in [1.165, 1.54) is 0 Å². The molecule has 0 radical (unpaired) electrons. The first-order chi connectivity index (χ1) is 8.68. The van der Waals surface area contributed by atoms with Crippen LogP contribution >= 0.6 is 0 Å². The lowest BCUT2D eigenvalue weighted by molar-refractivity contribution is -0.135. The van der Waals surface area contributed by atoms with Crippen LogP contribution in [0.1, 0.15) is 18.4 Å². The van der Waals surface area contributed by atoms with Crippen LogP contribution in [0.5, 0.6) is 0 Å². The van der Waals surface area contributed by atoms with Crippen molar-refractivity contribution in [2.45, 2.75) is 19.3 Å². The molecule has 0 aliphatic carbocycles. The zero-order valence-electron chi connectivity index (χ0n) is 10.1. The van der Waals surface area contributed by atoms with E-state index in [2.05, 4.69) is 5.32 Å². The molecule has 5 nitrogen and oxygen atoms in total. The Bertz CT molecular complexity index is 459. The van der Waals surface area contributed by atoms with Gasteiger partial charge in [0.2, 0.25) is 0 Å². The van der Waals surface area contributed by atoms with Gasteiger partial charge >= 0.3 is 12.0 Å². The standard InChI is InChI=1S/C13H16N2O3/c16-12(17)9-14-13(18)15-8-4-3-6-10-5-1-2-7-11(10)15/h1-2,5,7H,3-4,6,8-9H2,(H,14,18)(H,16,17). The zero-order chi connectivity index (χ0) is 13.0. The number of nitrogens with one attached hydrogen (secondary N) is 1. The van der Waals surface area contributed by atoms with E-state index in [4.69, 9.17) is 5.11 Å². The topological polar surface area (TPSA) is 69.6 Å². The summed E-state index contributed by atoms with van der Waals surface area (Å²) in [6.07, 6.45) is 2.92. The molecule has 2 amide bonds. The first-order valence-corrected chi connectivity index (χ1v) is 6.03. The van der Waals surface area contributed by atoms with Gasteiger partial charge in [-0.15, -0.1) is 0 Å². The Kier molecular flexibility index (Phi) is 3.82. The normalized spacial score (nSPS) is 14.6. The van der Waals surface area contributed by atoms with Crippen LogP contribution in [-0.4, -0.2) is 30.2 Å². The number of fused-ring (bicyclic) bond motifs is 1. The summed E-state index contributed by atoms with van der Waals surface area (Å²) in [5.74, 6) is -1.04. The summed E-state index contributed by atoms with van der Waals surface area (Å²) in [4.78, 5) is 24.1. The summed E-state index contributed by atoms with van der Waals surface area (Å²) >= 11 is 0. The minimum absolute atomic E-state index is 0.341. The summed E-state index contributed by atoms with van der Waals surface area (Å²) in [6, 6.07) is 7.42. The van der Waals surface area contributed by atoms with E-state index >= 15 is 0 Å². The van der Waals surface area contributed by atoms with Crippen molar-refractivity contribution in [1.82, 2.24) is 5.32 Å². The van der Waals surface area contributed by atoms with E-state index in [9.17, 15) is 9.59 Å². The van der Waals surface area contributed by atoms with E-state index in [1.807, 2.05) is 24.3 Å². The number of carboxylic acids is 1. The van der Waals surface area contributed by atoms with Gasteiger partial charge in [-0.1, -0.05) is 18.2 Å². The predicted molar refractivity (Wildman–Crippen MR) is 67.8 cm³/mol. The van der Waals surface area contributed by atoms with Gasteiger partial charge in [-0.3, -0.25) is 9.69 Å². The van der Waals surface area contributed by atoms with Crippen molar-refractivity contribution in [3.05, 3.63) is 29.8 Å². The Morgan fingerprint density at radius 2 is 2.06 bits per heavy atom. The molecule has 1 heterocycles. The Morgan fingerprint density at radius 3 is 2.83 bits per heavy atom. The van der Waals surface area contributed by atoms with Gasteiger partial charge in [-0.2, -0.15) is 0 Å². The van der Waals surface area contributed by atoms with E-state index in [0.717, 1.165) is 30.5 Å². The van der Waals surface area contributed by atoms with E-state index in [1.54, 1.807) is 4.90 Å². The molecule has 2 N–H and O–H groups in total. The lowest BCUT2D eigenvalue weighted by atomic mass is 10.1. The average molecular weight is 248 g/mol. The zero-order valence-corrected chi connectivity index (χ0v) is 10.1. The summed E-state index contributed by atoms with van der Waals surface area (Å²) in [5, 5.41) is 11.0. The smallest absolute Gasteiger partial charge is 0.323 e. The molecular formula is C13H16N2O3. The monoisotopic (exact) mass is 248 g/mol. The van der Waals surface area contributed by atoms with Gasteiger partial charge in [0.05, 0.1) is 0 Å². The number of aryl methyl sites for hydroxylation is 1. The number of hydrogen-bond acceptors (Lipinski definition) is 2. The van der Waals surface area contributed by atoms with Gasteiger partial charge in [0.1, 0.15) is 6.54 Å². The van der Waals surface area contributed by atoms with Crippen LogP contribution < -0.4 is 10.2 Å². The van der Waals surface area contributed by atoms with Gasteiger partial charge in [0, 0.05) is 12.2 Å². The van der Waals surface area contributed by atoms with Crippen molar-refractivity contribution in [3.63, 3.8) is 0 Å². The summed E-state index contributed by atoms with van der Waals surface area (Å²) < 4.78 is 0. The second-order valence-corrected chi connectivity index (χ2v) is 4.29. The lowest BCUT2D eigenvalue weighted by Gasteiger charge is -2.22. The van der Waals surface area contributed by atoms with Gasteiger partial charge < -0.3 is 10.4 Å². The number of urea groups is 1. The Morgan fingerprint density at radius 1 is 1.28 bits per heavy atom. The maximum absolute atomic E-state index is 12.0. The number of carboxylic acid groups (broad SMARTS) is 1. The molecule has 18 heavy (non-hydrogen) atoms. The third-order valence-electron chi connectivity index (χ3n) is 3.00. The molecule has 0 aromatic heterocycles. The highest BCUT2D eigenvalue weighted by atomic mass is 16.4. The van der Waals surface area contributed by atoms with Crippen LogP contribution in [-0.2, 0) is 11.2 Å². The molecule has 1 aliphatic heterocycles. The van der Waals surface area contributed by atoms with Crippen molar-refractivity contribution < 1.29 is 14.7 Å². The molecule has 0 fully saturated rings. The maximum atomic E-state index is 12.0. The molecule has 5 heteroatoms. The SMILES string of the molecule is O=C(O)CNC(=O)N1CCCCc2ccccc21. The van der Waals surface area contributed by atoms with Gasteiger partial charge in [-0.25, -0.2) is 4.79 Å². The predicted octanol–water partition coefficient (Wildman–Crippen LogP) is 1.62. The number of hydrogen-bond donors (Lipinski definition) is 2. The van der Waals surface area contributed by atoms with Crippen molar-refractivity contribution in [2.75, 3.05) is 18.0 Å². The Hall–Kier alpha value is -2.04. The Balaban J connectivity index is 2.17. The van der Waals surface area contributed by atoms with Crippen molar-refractivity contribution in [3.8, 4) is 0 Å². The summed E-state index contributed by atoms with van der Waals surface area (Å²) in [6.45, 7) is 0.278. The molecule has 1 aromatic rings. The quantitative estimate of drug-likeness (QED) is 0.835. The van der Waals surface area contributed by atoms with Crippen LogP contribution in [0.2, 0.25) is 0 Å². The van der Waals surface area contributed by atoms with Crippen LogP contribution in [0.25, 0.3) is 0 Å². The van der Waals surface area contributed by atoms with Gasteiger partial charge in [0.15, 0.2) is 0 Å². The Labute approximate surface area is 105 Å². The largest absolute Gasteiger partial charge is 0.480 e. The molecule has 0 bridgehead atoms. The molecule has 1 aliphatic rings. The van der Waals surface area contributed by atoms with Gasteiger partial charge in [0.25, 0.3) is 0 Å². The van der Waals surface area contributed by atoms with E-state index in [-0.39, 0.29) is 12.6 Å². The molecule has 0 spiro atoms. The number of anilines is 1. The number of rotatable bonds is 2. The number of para-hydroxylation sites is 1.